The Bertz CT molecular complexity index is 581. The number of halogens is 3. The van der Waals surface area contributed by atoms with Crippen molar-refractivity contribution in [3.05, 3.63) is 36.0 Å². The number of unbranched alkanes of at least 4 members (excludes halogenated alkanes) is 2. The molecule has 2 aromatic rings. The molecule has 0 atom stereocenters. The Labute approximate surface area is 139 Å². The van der Waals surface area contributed by atoms with Crippen LogP contribution in [0.1, 0.15) is 31.9 Å². The molecule has 1 heterocycles. The number of alkyl halides is 3. The minimum absolute atomic E-state index is 0.485. The molecule has 0 N–H and O–H groups in total. The molecule has 1 aromatic carbocycles. The third-order valence-corrected chi connectivity index (χ3v) is 4.70. The van der Waals surface area contributed by atoms with Crippen LogP contribution in [-0.2, 0) is 3.79 Å². The number of nitrogens with zero attached hydrogens (tertiary/aromatic N) is 1. The van der Waals surface area contributed by atoms with Gasteiger partial charge in [0, 0.05) is 10.3 Å². The van der Waals surface area contributed by atoms with E-state index < -0.39 is 3.79 Å². The number of hydrogen-bond donors (Lipinski definition) is 0. The van der Waals surface area contributed by atoms with Crippen molar-refractivity contribution in [3.63, 3.8) is 0 Å². The molecular formula is C15H16Cl3NS. The van der Waals surface area contributed by atoms with Crippen LogP contribution in [-0.4, -0.2) is 10.7 Å². The molecule has 0 aliphatic heterocycles. The predicted molar refractivity (Wildman–Crippen MR) is 91.2 cm³/mol. The summed E-state index contributed by atoms with van der Waals surface area (Å²) in [6, 6.07) is 9.86. The number of aromatic nitrogens is 1. The van der Waals surface area contributed by atoms with Gasteiger partial charge in [-0.05, 0) is 24.3 Å². The Morgan fingerprint density at radius 3 is 2.60 bits per heavy atom. The van der Waals surface area contributed by atoms with Gasteiger partial charge in [-0.1, -0.05) is 72.8 Å². The van der Waals surface area contributed by atoms with E-state index in [-0.39, 0.29) is 0 Å². The van der Waals surface area contributed by atoms with Crippen molar-refractivity contribution in [1.29, 1.82) is 0 Å². The lowest BCUT2D eigenvalue weighted by Crippen LogP contribution is -2.04. The quantitative estimate of drug-likeness (QED) is 0.355. The minimum atomic E-state index is -1.48. The molecule has 108 valence electrons. The molecule has 0 aliphatic carbocycles. The number of thioether (sulfide) groups is 1. The largest absolute Gasteiger partial charge is 0.248 e. The number of rotatable bonds is 5. The maximum Gasteiger partial charge on any atom is 0.232 e. The van der Waals surface area contributed by atoms with Crippen molar-refractivity contribution in [2.24, 2.45) is 0 Å². The van der Waals surface area contributed by atoms with Crippen LogP contribution in [0.3, 0.4) is 0 Å². The van der Waals surface area contributed by atoms with Crippen LogP contribution < -0.4 is 0 Å². The van der Waals surface area contributed by atoms with Gasteiger partial charge in [-0.2, -0.15) is 0 Å². The summed E-state index contributed by atoms with van der Waals surface area (Å²) in [5.74, 6) is 1.07. The number of para-hydroxylation sites is 1. The Morgan fingerprint density at radius 1 is 1.15 bits per heavy atom. The second kappa shape index (κ2) is 7.22. The number of benzene rings is 1. The molecule has 0 saturated carbocycles. The first-order valence-electron chi connectivity index (χ1n) is 6.62. The Kier molecular flexibility index (Phi) is 5.85. The van der Waals surface area contributed by atoms with Crippen LogP contribution >= 0.6 is 46.6 Å². The van der Waals surface area contributed by atoms with Gasteiger partial charge in [-0.3, -0.25) is 0 Å². The van der Waals surface area contributed by atoms with E-state index in [2.05, 4.69) is 18.0 Å². The fourth-order valence-electron chi connectivity index (χ4n) is 1.94. The summed E-state index contributed by atoms with van der Waals surface area (Å²) in [5.41, 5.74) is 1.36. The minimum Gasteiger partial charge on any atom is -0.248 e. The first kappa shape index (κ1) is 16.2. The molecule has 20 heavy (non-hydrogen) atoms. The van der Waals surface area contributed by atoms with E-state index >= 15 is 0 Å². The van der Waals surface area contributed by atoms with E-state index in [9.17, 15) is 0 Å². The van der Waals surface area contributed by atoms with Gasteiger partial charge >= 0.3 is 0 Å². The molecule has 5 heteroatoms. The lowest BCUT2D eigenvalue weighted by Gasteiger charge is -2.14. The first-order valence-corrected chi connectivity index (χ1v) is 8.74. The van der Waals surface area contributed by atoms with Gasteiger partial charge in [0.15, 0.2) is 0 Å². The standard InChI is InChI=1S/C15H16Cl3NS/c1-2-3-6-9-20-13-10-14(15(16,17)18)19-12-8-5-4-7-11(12)13/h4-5,7-8,10H,2-3,6,9H2,1H3. The number of fused-ring (bicyclic) bond motifs is 1. The molecule has 0 unspecified atom stereocenters. The number of pyridine rings is 1. The van der Waals surface area contributed by atoms with Gasteiger partial charge in [0.25, 0.3) is 0 Å². The molecule has 2 rings (SSSR count). The zero-order valence-electron chi connectivity index (χ0n) is 11.2. The Balaban J connectivity index is 2.34. The molecule has 0 fully saturated rings. The maximum atomic E-state index is 5.97. The van der Waals surface area contributed by atoms with Crippen LogP contribution in [0.2, 0.25) is 0 Å². The number of hydrogen-bond acceptors (Lipinski definition) is 2. The molecule has 0 saturated heterocycles. The molecule has 0 aliphatic rings. The van der Waals surface area contributed by atoms with Crippen molar-refractivity contribution in [3.8, 4) is 0 Å². The average molecular weight is 349 g/mol. The summed E-state index contributed by atoms with van der Waals surface area (Å²) in [5, 5.41) is 1.12. The van der Waals surface area contributed by atoms with Gasteiger partial charge in [0.2, 0.25) is 3.79 Å². The average Bonchev–Trinajstić information content (AvgIpc) is 2.42. The molecule has 0 spiro atoms. The fraction of sp³-hybridized carbons (Fsp3) is 0.400. The zero-order valence-corrected chi connectivity index (χ0v) is 14.3. The Hall–Kier alpha value is -0.150. The van der Waals surface area contributed by atoms with Crippen LogP contribution in [0.25, 0.3) is 10.9 Å². The van der Waals surface area contributed by atoms with Crippen molar-refractivity contribution in [1.82, 2.24) is 4.98 Å². The van der Waals surface area contributed by atoms with Crippen molar-refractivity contribution < 1.29 is 0 Å². The van der Waals surface area contributed by atoms with Crippen LogP contribution in [0.15, 0.2) is 35.2 Å². The summed E-state index contributed by atoms with van der Waals surface area (Å²) < 4.78 is -1.48. The normalized spacial score (nSPS) is 12.0. The second-order valence-electron chi connectivity index (χ2n) is 4.58. The third-order valence-electron chi connectivity index (χ3n) is 2.97. The highest BCUT2D eigenvalue weighted by molar-refractivity contribution is 7.99. The van der Waals surface area contributed by atoms with Gasteiger partial charge in [0.05, 0.1) is 11.2 Å². The molecule has 0 bridgehead atoms. The molecule has 0 amide bonds. The lowest BCUT2D eigenvalue weighted by molar-refractivity contribution is 0.778. The topological polar surface area (TPSA) is 12.9 Å². The second-order valence-corrected chi connectivity index (χ2v) is 7.99. The highest BCUT2D eigenvalue weighted by Gasteiger charge is 2.25. The summed E-state index contributed by atoms with van der Waals surface area (Å²) in [7, 11) is 0. The fourth-order valence-corrected chi connectivity index (χ4v) is 3.32. The van der Waals surface area contributed by atoms with Crippen molar-refractivity contribution in [2.45, 2.75) is 34.9 Å². The highest BCUT2D eigenvalue weighted by atomic mass is 35.6. The molecule has 1 nitrogen and oxygen atoms in total. The van der Waals surface area contributed by atoms with Crippen LogP contribution in [0, 0.1) is 0 Å². The van der Waals surface area contributed by atoms with Crippen LogP contribution in [0.4, 0.5) is 0 Å². The van der Waals surface area contributed by atoms with E-state index in [1.807, 2.05) is 24.3 Å². The van der Waals surface area contributed by atoms with E-state index in [0.29, 0.717) is 5.69 Å². The van der Waals surface area contributed by atoms with Gasteiger partial charge in [0.1, 0.15) is 0 Å². The predicted octanol–water partition coefficient (Wildman–Crippen LogP) is 6.34. The Morgan fingerprint density at radius 2 is 1.90 bits per heavy atom. The molecule has 0 radical (unpaired) electrons. The lowest BCUT2D eigenvalue weighted by atomic mass is 10.2. The van der Waals surface area contributed by atoms with E-state index in [1.54, 1.807) is 11.8 Å². The first-order chi connectivity index (χ1) is 9.52. The molecular weight excluding hydrogens is 333 g/mol. The monoisotopic (exact) mass is 347 g/mol. The maximum absolute atomic E-state index is 5.97. The third kappa shape index (κ3) is 4.17. The van der Waals surface area contributed by atoms with E-state index in [1.165, 1.54) is 19.3 Å². The highest BCUT2D eigenvalue weighted by Crippen LogP contribution is 2.40. The van der Waals surface area contributed by atoms with Crippen molar-refractivity contribution >= 4 is 57.5 Å². The zero-order chi connectivity index (χ0) is 14.6. The summed E-state index contributed by atoms with van der Waals surface area (Å²) in [6.45, 7) is 2.20. The van der Waals surface area contributed by atoms with Gasteiger partial charge in [-0.15, -0.1) is 11.8 Å². The van der Waals surface area contributed by atoms with Crippen molar-refractivity contribution in [2.75, 3.05) is 5.75 Å². The van der Waals surface area contributed by atoms with Crippen LogP contribution in [0.5, 0.6) is 0 Å². The SMILES string of the molecule is CCCCCSc1cc(C(Cl)(Cl)Cl)nc2ccccc12. The van der Waals surface area contributed by atoms with Gasteiger partial charge in [-0.25, -0.2) is 4.98 Å². The smallest absolute Gasteiger partial charge is 0.232 e. The van der Waals surface area contributed by atoms with E-state index in [0.717, 1.165) is 21.6 Å². The summed E-state index contributed by atoms with van der Waals surface area (Å²) in [4.78, 5) is 5.57. The van der Waals surface area contributed by atoms with E-state index in [4.69, 9.17) is 34.8 Å². The van der Waals surface area contributed by atoms with Gasteiger partial charge < -0.3 is 0 Å². The summed E-state index contributed by atoms with van der Waals surface area (Å²) in [6.07, 6.45) is 3.66. The summed E-state index contributed by atoms with van der Waals surface area (Å²) >= 11 is 19.7. The molecule has 1 aromatic heterocycles.